The van der Waals surface area contributed by atoms with Crippen molar-refractivity contribution in [2.24, 2.45) is 0 Å². The third-order valence-corrected chi connectivity index (χ3v) is 2.66. The van der Waals surface area contributed by atoms with E-state index in [1.165, 1.54) is 5.56 Å². The van der Waals surface area contributed by atoms with Crippen LogP contribution in [0.1, 0.15) is 44.2 Å². The van der Waals surface area contributed by atoms with Gasteiger partial charge in [-0.2, -0.15) is 0 Å². The minimum Gasteiger partial charge on any atom is -0.360 e. The maximum absolute atomic E-state index is 5.30. The highest BCUT2D eigenvalue weighted by Gasteiger charge is 2.25. The predicted molar refractivity (Wildman–Crippen MR) is 49.3 cm³/mol. The van der Waals surface area contributed by atoms with Crippen molar-refractivity contribution in [1.82, 2.24) is 5.16 Å². The molecular weight excluding hydrogens is 150 g/mol. The fourth-order valence-electron chi connectivity index (χ4n) is 1.21. The molecular formula is C10H17NO. The van der Waals surface area contributed by atoms with Crippen LogP contribution in [-0.4, -0.2) is 5.16 Å². The maximum Gasteiger partial charge on any atom is 0.145 e. The van der Waals surface area contributed by atoms with E-state index >= 15 is 0 Å². The van der Waals surface area contributed by atoms with Gasteiger partial charge in [-0.15, -0.1) is 0 Å². The molecule has 0 amide bonds. The van der Waals surface area contributed by atoms with E-state index in [0.717, 1.165) is 17.9 Å². The average Bonchev–Trinajstić information content (AvgIpc) is 2.33. The molecule has 0 aromatic carbocycles. The molecule has 0 aliphatic heterocycles. The number of rotatable bonds is 2. The zero-order valence-electron chi connectivity index (χ0n) is 8.56. The summed E-state index contributed by atoms with van der Waals surface area (Å²) in [5, 5.41) is 3.96. The molecule has 1 aromatic rings. The van der Waals surface area contributed by atoms with Crippen molar-refractivity contribution in [3.63, 3.8) is 0 Å². The Labute approximate surface area is 74.0 Å². The monoisotopic (exact) mass is 167 g/mol. The summed E-state index contributed by atoms with van der Waals surface area (Å²) in [6.45, 7) is 10.6. The van der Waals surface area contributed by atoms with Gasteiger partial charge >= 0.3 is 0 Å². The first-order chi connectivity index (χ1) is 5.49. The van der Waals surface area contributed by atoms with Gasteiger partial charge in [-0.25, -0.2) is 0 Å². The number of aryl methyl sites for hydroxylation is 1. The fourth-order valence-corrected chi connectivity index (χ4v) is 1.21. The molecule has 0 N–H and O–H groups in total. The third kappa shape index (κ3) is 1.38. The smallest absolute Gasteiger partial charge is 0.145 e. The molecule has 2 heteroatoms. The summed E-state index contributed by atoms with van der Waals surface area (Å²) in [6, 6.07) is 0. The lowest BCUT2D eigenvalue weighted by molar-refractivity contribution is 0.307. The highest BCUT2D eigenvalue weighted by Crippen LogP contribution is 2.30. The van der Waals surface area contributed by atoms with Crippen molar-refractivity contribution < 1.29 is 4.52 Å². The van der Waals surface area contributed by atoms with Crippen molar-refractivity contribution in [3.8, 4) is 0 Å². The lowest BCUT2D eigenvalue weighted by Crippen LogP contribution is -2.15. The van der Waals surface area contributed by atoms with Crippen molar-refractivity contribution >= 4 is 0 Å². The minimum absolute atomic E-state index is 0.116. The van der Waals surface area contributed by atoms with Gasteiger partial charge in [-0.05, 0) is 20.3 Å². The molecule has 12 heavy (non-hydrogen) atoms. The first kappa shape index (κ1) is 9.30. The molecule has 0 unspecified atom stereocenters. The summed E-state index contributed by atoms with van der Waals surface area (Å²) in [6.07, 6.45) is 1.07. The lowest BCUT2D eigenvalue weighted by Gasteiger charge is -2.19. The molecule has 2 nitrogen and oxygen atoms in total. The number of hydrogen-bond donors (Lipinski definition) is 0. The topological polar surface area (TPSA) is 26.0 Å². The second kappa shape index (κ2) is 2.92. The average molecular weight is 167 g/mol. The van der Waals surface area contributed by atoms with Crippen LogP contribution in [0.4, 0.5) is 0 Å². The van der Waals surface area contributed by atoms with Gasteiger partial charge in [-0.1, -0.05) is 25.9 Å². The Kier molecular flexibility index (Phi) is 2.27. The van der Waals surface area contributed by atoms with Gasteiger partial charge < -0.3 is 4.52 Å². The van der Waals surface area contributed by atoms with Crippen molar-refractivity contribution in [2.45, 2.75) is 46.5 Å². The first-order valence-electron chi connectivity index (χ1n) is 4.42. The second-order valence-electron chi connectivity index (χ2n) is 3.96. The quantitative estimate of drug-likeness (QED) is 0.676. The van der Waals surface area contributed by atoms with Gasteiger partial charge in [-0.3, -0.25) is 0 Å². The molecule has 0 bridgehead atoms. The molecule has 1 aromatic heterocycles. The van der Waals surface area contributed by atoms with E-state index < -0.39 is 0 Å². The van der Waals surface area contributed by atoms with Crippen LogP contribution < -0.4 is 0 Å². The zero-order chi connectivity index (χ0) is 9.35. The predicted octanol–water partition coefficient (Wildman–Crippen LogP) is 2.98. The summed E-state index contributed by atoms with van der Waals surface area (Å²) in [7, 11) is 0. The van der Waals surface area contributed by atoms with Gasteiger partial charge in [0.1, 0.15) is 5.76 Å². The fraction of sp³-hybridized carbons (Fsp3) is 0.700. The normalized spacial score (nSPS) is 12.1. The van der Waals surface area contributed by atoms with Crippen molar-refractivity contribution in [3.05, 3.63) is 17.0 Å². The summed E-state index contributed by atoms with van der Waals surface area (Å²) >= 11 is 0. The van der Waals surface area contributed by atoms with E-state index in [2.05, 4.69) is 32.9 Å². The first-order valence-corrected chi connectivity index (χ1v) is 4.42. The Balaban J connectivity index is 3.11. The maximum atomic E-state index is 5.30. The van der Waals surface area contributed by atoms with Gasteiger partial charge in [0.25, 0.3) is 0 Å². The van der Waals surface area contributed by atoms with Crippen molar-refractivity contribution in [1.29, 1.82) is 0 Å². The Bertz CT molecular complexity index is 273. The third-order valence-electron chi connectivity index (χ3n) is 2.66. The summed E-state index contributed by atoms with van der Waals surface area (Å²) in [5.41, 5.74) is 2.32. The Hall–Kier alpha value is -0.790. The summed E-state index contributed by atoms with van der Waals surface area (Å²) in [4.78, 5) is 0. The van der Waals surface area contributed by atoms with E-state index in [9.17, 15) is 0 Å². The highest BCUT2D eigenvalue weighted by atomic mass is 16.5. The van der Waals surface area contributed by atoms with Gasteiger partial charge in [0.05, 0.1) is 5.69 Å². The zero-order valence-corrected chi connectivity index (χ0v) is 8.56. The van der Waals surface area contributed by atoms with Crippen LogP contribution >= 0.6 is 0 Å². The van der Waals surface area contributed by atoms with Crippen LogP contribution in [0.2, 0.25) is 0 Å². The molecule has 68 valence electrons. The largest absolute Gasteiger partial charge is 0.360 e. The van der Waals surface area contributed by atoms with Gasteiger partial charge in [0.15, 0.2) is 0 Å². The molecule has 0 spiro atoms. The molecule has 0 fully saturated rings. The SMILES string of the molecule is CCC(C)(C)c1onc(C)c1C. The Morgan fingerprint density at radius 1 is 1.33 bits per heavy atom. The second-order valence-corrected chi connectivity index (χ2v) is 3.96. The van der Waals surface area contributed by atoms with E-state index in [1.54, 1.807) is 0 Å². The molecule has 0 atom stereocenters. The minimum atomic E-state index is 0.116. The van der Waals surface area contributed by atoms with E-state index in [1.807, 2.05) is 6.92 Å². The molecule has 0 saturated carbocycles. The van der Waals surface area contributed by atoms with Crippen LogP contribution in [0.5, 0.6) is 0 Å². The van der Waals surface area contributed by atoms with E-state index in [0.29, 0.717) is 0 Å². The van der Waals surface area contributed by atoms with Crippen molar-refractivity contribution in [2.75, 3.05) is 0 Å². The highest BCUT2D eigenvalue weighted by molar-refractivity contribution is 5.25. The van der Waals surface area contributed by atoms with E-state index in [4.69, 9.17) is 4.52 Å². The molecule has 0 saturated heterocycles. The van der Waals surface area contributed by atoms with E-state index in [-0.39, 0.29) is 5.41 Å². The molecule has 0 radical (unpaired) electrons. The Morgan fingerprint density at radius 3 is 2.25 bits per heavy atom. The van der Waals surface area contributed by atoms with Crippen LogP contribution in [0, 0.1) is 13.8 Å². The molecule has 0 aliphatic carbocycles. The molecule has 0 aliphatic rings. The van der Waals surface area contributed by atoms with Crippen LogP contribution in [0.3, 0.4) is 0 Å². The molecule has 1 heterocycles. The van der Waals surface area contributed by atoms with Crippen LogP contribution in [0.15, 0.2) is 4.52 Å². The number of hydrogen-bond acceptors (Lipinski definition) is 2. The molecule has 1 rings (SSSR count). The standard InChI is InChI=1S/C10H17NO/c1-6-10(4,5)9-7(2)8(3)11-12-9/h6H2,1-5H3. The number of aromatic nitrogens is 1. The summed E-state index contributed by atoms with van der Waals surface area (Å²) < 4.78 is 5.30. The summed E-state index contributed by atoms with van der Waals surface area (Å²) in [5.74, 6) is 1.03. The lowest BCUT2D eigenvalue weighted by atomic mass is 9.85. The Morgan fingerprint density at radius 2 is 1.92 bits per heavy atom. The van der Waals surface area contributed by atoms with Crippen LogP contribution in [0.25, 0.3) is 0 Å². The van der Waals surface area contributed by atoms with Gasteiger partial charge in [0.2, 0.25) is 0 Å². The van der Waals surface area contributed by atoms with Gasteiger partial charge in [0, 0.05) is 11.0 Å². The van der Waals surface area contributed by atoms with Crippen LogP contribution in [-0.2, 0) is 5.41 Å². The number of nitrogens with zero attached hydrogens (tertiary/aromatic N) is 1.